The second-order valence-corrected chi connectivity index (χ2v) is 8.06. The van der Waals surface area contributed by atoms with Crippen molar-refractivity contribution in [2.45, 2.75) is 6.04 Å². The van der Waals surface area contributed by atoms with E-state index in [0.717, 1.165) is 0 Å². The topological polar surface area (TPSA) is 130 Å². The van der Waals surface area contributed by atoms with Crippen LogP contribution in [0, 0.1) is 0 Å². The number of ketones is 1. The first-order valence-corrected chi connectivity index (χ1v) is 11.4. The highest BCUT2D eigenvalue weighted by atomic mass is 16.5. The van der Waals surface area contributed by atoms with Gasteiger partial charge < -0.3 is 34.1 Å². The molecule has 0 spiro atoms. The second-order valence-electron chi connectivity index (χ2n) is 8.06. The maximum Gasteiger partial charge on any atom is 0.330 e. The first-order valence-electron chi connectivity index (χ1n) is 11.4. The number of hydrogen-bond acceptors (Lipinski definition) is 8. The quantitative estimate of drug-likeness (QED) is 0.386. The van der Waals surface area contributed by atoms with Gasteiger partial charge in [-0.1, -0.05) is 30.3 Å². The molecule has 0 saturated heterocycles. The van der Waals surface area contributed by atoms with Crippen molar-refractivity contribution in [2.75, 3.05) is 27.9 Å². The summed E-state index contributed by atoms with van der Waals surface area (Å²) in [5.74, 6) is -0.358. The van der Waals surface area contributed by atoms with Crippen molar-refractivity contribution in [1.82, 2.24) is 5.32 Å². The number of fused-ring (bicyclic) bond motifs is 1. The highest BCUT2D eigenvalue weighted by Crippen LogP contribution is 2.42. The van der Waals surface area contributed by atoms with Crippen LogP contribution < -0.4 is 29.0 Å². The van der Waals surface area contributed by atoms with Crippen LogP contribution >= 0.6 is 0 Å². The molecule has 1 atom stereocenters. The van der Waals surface area contributed by atoms with Crippen LogP contribution in [0.25, 0.3) is 6.08 Å². The van der Waals surface area contributed by atoms with Gasteiger partial charge in [0.25, 0.3) is 5.91 Å². The van der Waals surface area contributed by atoms with Gasteiger partial charge >= 0.3 is 5.97 Å². The molecule has 0 unspecified atom stereocenters. The molecule has 1 amide bonds. The third kappa shape index (κ3) is 5.39. The zero-order valence-electron chi connectivity index (χ0n) is 20.8. The fourth-order valence-corrected chi connectivity index (χ4v) is 3.92. The fourth-order valence-electron chi connectivity index (χ4n) is 3.92. The van der Waals surface area contributed by atoms with Gasteiger partial charge in [-0.2, -0.15) is 0 Å². The van der Waals surface area contributed by atoms with Gasteiger partial charge in [0.15, 0.2) is 29.9 Å². The van der Waals surface area contributed by atoms with Crippen molar-refractivity contribution in [3.63, 3.8) is 0 Å². The van der Waals surface area contributed by atoms with E-state index in [1.807, 2.05) is 0 Å². The summed E-state index contributed by atoms with van der Waals surface area (Å²) in [5.41, 5.74) is 1.30. The Morgan fingerprint density at radius 3 is 2.37 bits per heavy atom. The van der Waals surface area contributed by atoms with Crippen molar-refractivity contribution in [3.05, 3.63) is 83.1 Å². The van der Waals surface area contributed by atoms with Crippen LogP contribution in [0.4, 0.5) is 0 Å². The molecule has 0 aromatic heterocycles. The lowest BCUT2D eigenvalue weighted by molar-refractivity contribution is -0.142. The Labute approximate surface area is 218 Å². The molecule has 2 N–H and O–H groups in total. The average Bonchev–Trinajstić information content (AvgIpc) is 3.24. The molecule has 10 nitrogen and oxygen atoms in total. The average molecular weight is 520 g/mol. The number of ether oxygens (including phenoxy) is 5. The molecular formula is C28H25NO9. The number of benzene rings is 3. The minimum Gasteiger partial charge on any atom is -0.493 e. The maximum atomic E-state index is 12.9. The lowest BCUT2D eigenvalue weighted by Gasteiger charge is -2.15. The van der Waals surface area contributed by atoms with Crippen LogP contribution in [0.5, 0.6) is 28.7 Å². The van der Waals surface area contributed by atoms with Gasteiger partial charge in [-0.15, -0.1) is 0 Å². The predicted octanol–water partition coefficient (Wildman–Crippen LogP) is 3.65. The molecule has 1 aliphatic rings. The highest BCUT2D eigenvalue weighted by molar-refractivity contribution is 6.14. The van der Waals surface area contributed by atoms with E-state index in [9.17, 15) is 19.5 Å². The fraction of sp³-hybridized carbons (Fsp3) is 0.179. The Kier molecular flexibility index (Phi) is 7.81. The summed E-state index contributed by atoms with van der Waals surface area (Å²) in [6.07, 6.45) is 1.53. The molecular weight excluding hydrogens is 494 g/mol. The minimum atomic E-state index is -1.21. The number of aliphatic carboxylic acids is 1. The number of Topliss-reactive ketones (excluding diaryl/α,β-unsaturated/α-hetero) is 1. The van der Waals surface area contributed by atoms with Crippen LogP contribution in [0.15, 0.2) is 66.4 Å². The van der Waals surface area contributed by atoms with Gasteiger partial charge in [0.05, 0.1) is 26.9 Å². The molecule has 0 aliphatic carbocycles. The van der Waals surface area contributed by atoms with Gasteiger partial charge in [-0.25, -0.2) is 4.79 Å². The minimum absolute atomic E-state index is 0.0626. The summed E-state index contributed by atoms with van der Waals surface area (Å²) in [6.45, 7) is -0.436. The smallest absolute Gasteiger partial charge is 0.330 e. The molecule has 0 radical (unpaired) electrons. The summed E-state index contributed by atoms with van der Waals surface area (Å²) in [6, 6.07) is 15.1. The van der Waals surface area contributed by atoms with E-state index in [4.69, 9.17) is 23.7 Å². The molecule has 0 saturated carbocycles. The van der Waals surface area contributed by atoms with Crippen molar-refractivity contribution < 1.29 is 43.2 Å². The molecule has 10 heteroatoms. The molecule has 4 rings (SSSR count). The summed E-state index contributed by atoms with van der Waals surface area (Å²) >= 11 is 0. The van der Waals surface area contributed by atoms with E-state index < -0.39 is 24.5 Å². The summed E-state index contributed by atoms with van der Waals surface area (Å²) < 4.78 is 27.4. The second kappa shape index (κ2) is 11.4. The van der Waals surface area contributed by atoms with Crippen LogP contribution in [-0.2, 0) is 9.59 Å². The van der Waals surface area contributed by atoms with Crippen LogP contribution in [-0.4, -0.2) is 50.7 Å². The van der Waals surface area contributed by atoms with E-state index in [1.54, 1.807) is 42.5 Å². The van der Waals surface area contributed by atoms with Crippen molar-refractivity contribution in [1.29, 1.82) is 0 Å². The molecule has 1 heterocycles. The molecule has 0 bridgehead atoms. The standard InChI is InChI=1S/C28H25NO9/c1-34-20-12-9-17(26(35-2)27(20)36-3)13-22-25(31)19-11-10-18(14-21(19)38-22)37-15-23(30)29-24(28(32)33)16-7-5-4-6-8-16/h4-14,24H,15H2,1-3H3,(H,29,30)(H,32,33)/t24-/m0/s1. The van der Waals surface area contributed by atoms with E-state index in [-0.39, 0.29) is 23.0 Å². The number of hydrogen-bond donors (Lipinski definition) is 2. The SMILES string of the molecule is COc1ccc(C=C2Oc3cc(OCC(=O)N[C@H](C(=O)O)c4ccccc4)ccc3C2=O)c(OC)c1OC. The molecule has 196 valence electrons. The third-order valence-corrected chi connectivity index (χ3v) is 5.72. The first kappa shape index (κ1) is 26.1. The molecule has 3 aromatic carbocycles. The normalized spacial score (nSPS) is 13.8. The van der Waals surface area contributed by atoms with Crippen molar-refractivity contribution >= 4 is 23.7 Å². The Balaban J connectivity index is 1.47. The lowest BCUT2D eigenvalue weighted by atomic mass is 10.1. The number of nitrogens with one attached hydrogen (secondary N) is 1. The number of carboxylic acids is 1. The third-order valence-electron chi connectivity index (χ3n) is 5.72. The maximum absolute atomic E-state index is 12.9. The molecule has 38 heavy (non-hydrogen) atoms. The van der Waals surface area contributed by atoms with E-state index in [1.165, 1.54) is 45.6 Å². The van der Waals surface area contributed by atoms with Gasteiger partial charge in [-0.05, 0) is 35.9 Å². The summed E-state index contributed by atoms with van der Waals surface area (Å²) in [4.78, 5) is 36.9. The Hall–Kier alpha value is -4.99. The molecule has 1 aliphatic heterocycles. The van der Waals surface area contributed by atoms with Gasteiger partial charge in [-0.3, -0.25) is 9.59 Å². The summed E-state index contributed by atoms with van der Waals surface area (Å²) in [7, 11) is 4.46. The van der Waals surface area contributed by atoms with E-state index in [0.29, 0.717) is 33.9 Å². The lowest BCUT2D eigenvalue weighted by Crippen LogP contribution is -2.36. The Morgan fingerprint density at radius 2 is 1.71 bits per heavy atom. The number of carbonyl (C=O) groups is 3. The van der Waals surface area contributed by atoms with Crippen LogP contribution in [0.1, 0.15) is 27.5 Å². The Morgan fingerprint density at radius 1 is 0.974 bits per heavy atom. The van der Waals surface area contributed by atoms with Gasteiger partial charge in [0, 0.05) is 11.6 Å². The van der Waals surface area contributed by atoms with Crippen LogP contribution in [0.3, 0.4) is 0 Å². The number of carboxylic acid groups (broad SMARTS) is 1. The van der Waals surface area contributed by atoms with Crippen LogP contribution in [0.2, 0.25) is 0 Å². The molecule has 0 fully saturated rings. The predicted molar refractivity (Wildman–Crippen MR) is 136 cm³/mol. The van der Waals surface area contributed by atoms with Crippen molar-refractivity contribution in [3.8, 4) is 28.7 Å². The van der Waals surface area contributed by atoms with E-state index in [2.05, 4.69) is 5.32 Å². The number of carbonyl (C=O) groups excluding carboxylic acids is 2. The monoisotopic (exact) mass is 519 g/mol. The van der Waals surface area contributed by atoms with Gasteiger partial charge in [0.1, 0.15) is 11.5 Å². The van der Waals surface area contributed by atoms with Crippen molar-refractivity contribution in [2.24, 2.45) is 0 Å². The summed E-state index contributed by atoms with van der Waals surface area (Å²) in [5, 5.41) is 11.9. The zero-order valence-corrected chi connectivity index (χ0v) is 20.8. The number of methoxy groups -OCH3 is 3. The van der Waals surface area contributed by atoms with E-state index >= 15 is 0 Å². The Bertz CT molecular complexity index is 1400. The zero-order chi connectivity index (χ0) is 27.2. The number of allylic oxidation sites excluding steroid dienone is 1. The highest BCUT2D eigenvalue weighted by Gasteiger charge is 2.29. The number of amides is 1. The largest absolute Gasteiger partial charge is 0.493 e. The van der Waals surface area contributed by atoms with Gasteiger partial charge in [0.2, 0.25) is 11.5 Å². The molecule has 3 aromatic rings. The number of rotatable bonds is 10. The first-order chi connectivity index (χ1) is 18.4.